The Morgan fingerprint density at radius 2 is 2.00 bits per heavy atom. The van der Waals surface area contributed by atoms with Crippen LogP contribution in [0.3, 0.4) is 0 Å². The normalized spacial score (nSPS) is 13.2. The summed E-state index contributed by atoms with van der Waals surface area (Å²) in [6, 6.07) is 6.94. The van der Waals surface area contributed by atoms with E-state index in [2.05, 4.69) is 13.0 Å². The zero-order valence-electron chi connectivity index (χ0n) is 11.1. The van der Waals surface area contributed by atoms with Gasteiger partial charge in [-0.2, -0.15) is 0 Å². The molecule has 0 aromatic heterocycles. The second-order valence-corrected chi connectivity index (χ2v) is 4.34. The molecule has 1 aromatic carbocycles. The number of phenols is 1. The summed E-state index contributed by atoms with van der Waals surface area (Å²) in [7, 11) is 1.40. The molecule has 18 heavy (non-hydrogen) atoms. The molecule has 0 saturated heterocycles. The molecule has 1 atom stereocenters. The van der Waals surface area contributed by atoms with Crippen molar-refractivity contribution >= 4 is 5.97 Å². The number of methoxy groups -OCH3 is 1. The molecule has 0 bridgehead atoms. The van der Waals surface area contributed by atoms with E-state index in [0.29, 0.717) is 6.42 Å². The maximum absolute atomic E-state index is 11.4. The zero-order valence-corrected chi connectivity index (χ0v) is 11.1. The van der Waals surface area contributed by atoms with Crippen molar-refractivity contribution in [1.82, 2.24) is 0 Å². The van der Waals surface area contributed by atoms with Crippen LogP contribution in [0.25, 0.3) is 0 Å². The molecule has 0 saturated carbocycles. The van der Waals surface area contributed by atoms with Gasteiger partial charge < -0.3 is 9.84 Å². The van der Waals surface area contributed by atoms with Gasteiger partial charge in [-0.1, -0.05) is 30.7 Å². The third-order valence-electron chi connectivity index (χ3n) is 2.98. The van der Waals surface area contributed by atoms with Crippen molar-refractivity contribution in [2.24, 2.45) is 0 Å². The third kappa shape index (κ3) is 4.24. The summed E-state index contributed by atoms with van der Waals surface area (Å²) in [6.07, 6.45) is 3.36. The molecule has 1 rings (SSSR count). The van der Waals surface area contributed by atoms with E-state index in [1.54, 1.807) is 12.1 Å². The van der Waals surface area contributed by atoms with E-state index in [9.17, 15) is 9.90 Å². The number of carbonyl (C=O) groups is 1. The van der Waals surface area contributed by atoms with Gasteiger partial charge in [-0.25, -0.2) is 0 Å². The van der Waals surface area contributed by atoms with Crippen LogP contribution in [0, 0.1) is 0 Å². The SMILES string of the molecule is CC/C(C)=C/[C@@H](CC(=O)OC)c1ccc(O)cc1. The summed E-state index contributed by atoms with van der Waals surface area (Å²) in [5.41, 5.74) is 2.24. The molecule has 0 amide bonds. The van der Waals surface area contributed by atoms with Gasteiger partial charge in [-0.05, 0) is 31.0 Å². The predicted octanol–water partition coefficient (Wildman–Crippen LogP) is 3.40. The Hall–Kier alpha value is -1.77. The summed E-state index contributed by atoms with van der Waals surface area (Å²) < 4.78 is 4.72. The van der Waals surface area contributed by atoms with Gasteiger partial charge in [0.1, 0.15) is 5.75 Å². The van der Waals surface area contributed by atoms with Crippen molar-refractivity contribution in [3.05, 3.63) is 41.5 Å². The second-order valence-electron chi connectivity index (χ2n) is 4.34. The fourth-order valence-corrected chi connectivity index (χ4v) is 1.72. The first-order valence-corrected chi connectivity index (χ1v) is 6.09. The molecule has 0 spiro atoms. The van der Waals surface area contributed by atoms with Crippen molar-refractivity contribution in [2.75, 3.05) is 7.11 Å². The largest absolute Gasteiger partial charge is 0.508 e. The Bertz CT molecular complexity index is 418. The molecule has 3 nitrogen and oxygen atoms in total. The van der Waals surface area contributed by atoms with E-state index in [4.69, 9.17) is 4.74 Å². The number of esters is 1. The molecule has 0 fully saturated rings. The fraction of sp³-hybridized carbons (Fsp3) is 0.400. The van der Waals surface area contributed by atoms with E-state index < -0.39 is 0 Å². The molecular weight excluding hydrogens is 228 g/mol. The fourth-order valence-electron chi connectivity index (χ4n) is 1.72. The highest BCUT2D eigenvalue weighted by atomic mass is 16.5. The van der Waals surface area contributed by atoms with Crippen LogP contribution in [0.5, 0.6) is 5.75 Å². The monoisotopic (exact) mass is 248 g/mol. The molecule has 3 heteroatoms. The maximum Gasteiger partial charge on any atom is 0.306 e. The summed E-state index contributed by atoms with van der Waals surface area (Å²) in [4.78, 5) is 11.4. The van der Waals surface area contributed by atoms with E-state index >= 15 is 0 Å². The summed E-state index contributed by atoms with van der Waals surface area (Å²) in [5.74, 6) is -0.00186. The van der Waals surface area contributed by atoms with Crippen LogP contribution in [-0.4, -0.2) is 18.2 Å². The molecule has 0 aliphatic rings. The van der Waals surface area contributed by atoms with Gasteiger partial charge in [0, 0.05) is 5.92 Å². The number of benzene rings is 1. The smallest absolute Gasteiger partial charge is 0.306 e. The van der Waals surface area contributed by atoms with Crippen molar-refractivity contribution < 1.29 is 14.6 Å². The van der Waals surface area contributed by atoms with Crippen LogP contribution in [0.1, 0.15) is 38.2 Å². The minimum atomic E-state index is -0.228. The summed E-state index contributed by atoms with van der Waals surface area (Å²) >= 11 is 0. The van der Waals surface area contributed by atoms with E-state index in [-0.39, 0.29) is 17.6 Å². The molecule has 0 unspecified atom stereocenters. The molecular formula is C15H20O3. The van der Waals surface area contributed by atoms with Crippen LogP contribution in [0.15, 0.2) is 35.9 Å². The van der Waals surface area contributed by atoms with Gasteiger partial charge in [-0.3, -0.25) is 4.79 Å². The number of aromatic hydroxyl groups is 1. The number of phenolic OH excluding ortho intramolecular Hbond substituents is 1. The molecule has 0 aliphatic heterocycles. The number of hydrogen-bond donors (Lipinski definition) is 1. The lowest BCUT2D eigenvalue weighted by Gasteiger charge is -2.13. The molecule has 98 valence electrons. The van der Waals surface area contributed by atoms with Gasteiger partial charge >= 0.3 is 5.97 Å². The van der Waals surface area contributed by atoms with Crippen LogP contribution >= 0.6 is 0 Å². The summed E-state index contributed by atoms with van der Waals surface area (Å²) in [5, 5.41) is 9.29. The number of allylic oxidation sites excluding steroid dienone is 2. The van der Waals surface area contributed by atoms with Crippen LogP contribution in [0.4, 0.5) is 0 Å². The second kappa shape index (κ2) is 6.84. The van der Waals surface area contributed by atoms with Gasteiger partial charge in [0.15, 0.2) is 0 Å². The lowest BCUT2D eigenvalue weighted by atomic mass is 9.93. The molecule has 1 aromatic rings. The summed E-state index contributed by atoms with van der Waals surface area (Å²) in [6.45, 7) is 4.13. The minimum absolute atomic E-state index is 0.00185. The van der Waals surface area contributed by atoms with Crippen molar-refractivity contribution in [1.29, 1.82) is 0 Å². The first-order chi connectivity index (χ1) is 8.56. The average molecular weight is 248 g/mol. The lowest BCUT2D eigenvalue weighted by Crippen LogP contribution is -2.07. The van der Waals surface area contributed by atoms with Gasteiger partial charge in [0.25, 0.3) is 0 Å². The Kier molecular flexibility index (Phi) is 5.43. The quantitative estimate of drug-likeness (QED) is 0.641. The van der Waals surface area contributed by atoms with Crippen LogP contribution < -0.4 is 0 Å². The Morgan fingerprint density at radius 1 is 1.39 bits per heavy atom. The first-order valence-electron chi connectivity index (χ1n) is 6.09. The standard InChI is InChI=1S/C15H20O3/c1-4-11(2)9-13(10-15(17)18-3)12-5-7-14(16)8-6-12/h5-9,13,16H,4,10H2,1-3H3/b11-9+/t13-/m0/s1. The zero-order chi connectivity index (χ0) is 13.5. The Balaban J connectivity index is 2.96. The highest BCUT2D eigenvalue weighted by molar-refractivity contribution is 5.70. The van der Waals surface area contributed by atoms with Crippen LogP contribution in [0.2, 0.25) is 0 Å². The minimum Gasteiger partial charge on any atom is -0.508 e. The average Bonchev–Trinajstić information content (AvgIpc) is 2.38. The van der Waals surface area contributed by atoms with Crippen molar-refractivity contribution in [3.8, 4) is 5.75 Å². The number of hydrogen-bond acceptors (Lipinski definition) is 3. The predicted molar refractivity (Wildman–Crippen MR) is 71.5 cm³/mol. The molecule has 0 radical (unpaired) electrons. The Labute approximate surface area is 108 Å². The topological polar surface area (TPSA) is 46.5 Å². The van der Waals surface area contributed by atoms with Gasteiger partial charge in [0.05, 0.1) is 13.5 Å². The number of ether oxygens (including phenoxy) is 1. The van der Waals surface area contributed by atoms with Gasteiger partial charge in [0.2, 0.25) is 0 Å². The molecule has 0 aliphatic carbocycles. The van der Waals surface area contributed by atoms with E-state index in [1.165, 1.54) is 12.7 Å². The number of rotatable bonds is 5. The third-order valence-corrected chi connectivity index (χ3v) is 2.98. The van der Waals surface area contributed by atoms with E-state index in [0.717, 1.165) is 12.0 Å². The van der Waals surface area contributed by atoms with E-state index in [1.807, 2.05) is 19.1 Å². The maximum atomic E-state index is 11.4. The van der Waals surface area contributed by atoms with Crippen molar-refractivity contribution in [2.45, 2.75) is 32.6 Å². The Morgan fingerprint density at radius 3 is 2.50 bits per heavy atom. The molecule has 1 N–H and O–H groups in total. The first kappa shape index (κ1) is 14.3. The molecule has 0 heterocycles. The van der Waals surface area contributed by atoms with Crippen LogP contribution in [-0.2, 0) is 9.53 Å². The highest BCUT2D eigenvalue weighted by Gasteiger charge is 2.14. The van der Waals surface area contributed by atoms with Gasteiger partial charge in [-0.15, -0.1) is 0 Å². The number of carbonyl (C=O) groups excluding carboxylic acids is 1. The van der Waals surface area contributed by atoms with Crippen molar-refractivity contribution in [3.63, 3.8) is 0 Å². The lowest BCUT2D eigenvalue weighted by molar-refractivity contribution is -0.140. The highest BCUT2D eigenvalue weighted by Crippen LogP contribution is 2.25.